The Labute approximate surface area is 84.2 Å². The average molecular weight is 199 g/mol. The highest BCUT2D eigenvalue weighted by molar-refractivity contribution is 5.81. The molecule has 0 aromatic carbocycles. The number of nitrogens with one attached hydrogen (secondary N) is 1. The van der Waals surface area contributed by atoms with E-state index in [0.717, 1.165) is 0 Å². The standard InChI is InChI=1S/C9H17N3O2/c1-14-7-4-8(11)9(13)12-6-3-2-5-10/h8H,2-4,6-7,11H2,1H3,(H,12,13). The number of methoxy groups -OCH3 is 1. The molecule has 5 heteroatoms. The summed E-state index contributed by atoms with van der Waals surface area (Å²) in [7, 11) is 1.57. The van der Waals surface area contributed by atoms with E-state index in [9.17, 15) is 4.79 Å². The molecule has 0 fully saturated rings. The fourth-order valence-corrected chi connectivity index (χ4v) is 0.886. The van der Waals surface area contributed by atoms with Crippen LogP contribution in [-0.4, -0.2) is 32.2 Å². The molecule has 5 nitrogen and oxygen atoms in total. The molecule has 14 heavy (non-hydrogen) atoms. The van der Waals surface area contributed by atoms with Crippen LogP contribution in [0.15, 0.2) is 0 Å². The van der Waals surface area contributed by atoms with Gasteiger partial charge in [0, 0.05) is 26.7 Å². The van der Waals surface area contributed by atoms with Crippen molar-refractivity contribution in [2.75, 3.05) is 20.3 Å². The zero-order valence-corrected chi connectivity index (χ0v) is 8.45. The monoisotopic (exact) mass is 199 g/mol. The van der Waals surface area contributed by atoms with E-state index < -0.39 is 6.04 Å². The third-order valence-corrected chi connectivity index (χ3v) is 1.73. The number of nitrogens with zero attached hydrogens (tertiary/aromatic N) is 1. The smallest absolute Gasteiger partial charge is 0.237 e. The lowest BCUT2D eigenvalue weighted by atomic mass is 10.2. The zero-order valence-electron chi connectivity index (χ0n) is 8.45. The van der Waals surface area contributed by atoms with Gasteiger partial charge in [0.2, 0.25) is 5.91 Å². The lowest BCUT2D eigenvalue weighted by Crippen LogP contribution is -2.41. The van der Waals surface area contributed by atoms with Crippen LogP contribution in [0, 0.1) is 11.3 Å². The fourth-order valence-electron chi connectivity index (χ4n) is 0.886. The maximum absolute atomic E-state index is 11.2. The second kappa shape index (κ2) is 8.48. The first-order chi connectivity index (χ1) is 6.72. The molecule has 0 bridgehead atoms. The molecular formula is C9H17N3O2. The molecule has 0 rings (SSSR count). The predicted octanol–water partition coefficient (Wildman–Crippen LogP) is -0.230. The van der Waals surface area contributed by atoms with Gasteiger partial charge >= 0.3 is 0 Å². The van der Waals surface area contributed by atoms with Crippen LogP contribution in [0.1, 0.15) is 19.3 Å². The van der Waals surface area contributed by atoms with Gasteiger partial charge in [0.05, 0.1) is 12.1 Å². The molecule has 1 atom stereocenters. The summed E-state index contributed by atoms with van der Waals surface area (Å²) in [5.74, 6) is -0.181. The van der Waals surface area contributed by atoms with E-state index in [0.29, 0.717) is 32.4 Å². The molecule has 1 amide bonds. The first-order valence-corrected chi connectivity index (χ1v) is 4.61. The number of rotatable bonds is 7. The Morgan fingerprint density at radius 1 is 1.71 bits per heavy atom. The normalized spacial score (nSPS) is 11.8. The summed E-state index contributed by atoms with van der Waals surface area (Å²) in [5.41, 5.74) is 5.56. The second-order valence-corrected chi connectivity index (χ2v) is 2.94. The number of nitriles is 1. The van der Waals surface area contributed by atoms with Crippen molar-refractivity contribution in [2.45, 2.75) is 25.3 Å². The van der Waals surface area contributed by atoms with Gasteiger partial charge in [0.1, 0.15) is 0 Å². The number of carbonyl (C=O) groups excluding carboxylic acids is 1. The van der Waals surface area contributed by atoms with Crippen molar-refractivity contribution in [3.8, 4) is 6.07 Å². The Kier molecular flexibility index (Phi) is 7.80. The number of hydrogen-bond donors (Lipinski definition) is 2. The number of nitrogens with two attached hydrogens (primary N) is 1. The van der Waals surface area contributed by atoms with E-state index in [1.807, 2.05) is 6.07 Å². The lowest BCUT2D eigenvalue weighted by molar-refractivity contribution is -0.122. The number of ether oxygens (including phenoxy) is 1. The number of hydrogen-bond acceptors (Lipinski definition) is 4. The molecule has 0 aliphatic rings. The van der Waals surface area contributed by atoms with Crippen molar-refractivity contribution >= 4 is 5.91 Å². The fraction of sp³-hybridized carbons (Fsp3) is 0.778. The number of amides is 1. The van der Waals surface area contributed by atoms with Gasteiger partial charge in [0.25, 0.3) is 0 Å². The SMILES string of the molecule is COCCC(N)C(=O)NCCCC#N. The van der Waals surface area contributed by atoms with Crippen LogP contribution in [0.2, 0.25) is 0 Å². The Morgan fingerprint density at radius 3 is 3.00 bits per heavy atom. The van der Waals surface area contributed by atoms with Crippen LogP contribution >= 0.6 is 0 Å². The van der Waals surface area contributed by atoms with Crippen LogP contribution in [0.3, 0.4) is 0 Å². The predicted molar refractivity (Wildman–Crippen MR) is 52.3 cm³/mol. The van der Waals surface area contributed by atoms with E-state index in [4.69, 9.17) is 15.7 Å². The van der Waals surface area contributed by atoms with Crippen LogP contribution in [-0.2, 0) is 9.53 Å². The summed E-state index contributed by atoms with van der Waals surface area (Å²) in [6.45, 7) is 0.986. The van der Waals surface area contributed by atoms with E-state index in [1.165, 1.54) is 0 Å². The maximum atomic E-state index is 11.2. The summed E-state index contributed by atoms with van der Waals surface area (Å²) in [5, 5.41) is 10.9. The third-order valence-electron chi connectivity index (χ3n) is 1.73. The van der Waals surface area contributed by atoms with Gasteiger partial charge in [0.15, 0.2) is 0 Å². The van der Waals surface area contributed by atoms with Crippen LogP contribution < -0.4 is 11.1 Å². The molecule has 0 saturated heterocycles. The molecule has 0 heterocycles. The Hall–Kier alpha value is -1.12. The second-order valence-electron chi connectivity index (χ2n) is 2.94. The van der Waals surface area contributed by atoms with Gasteiger partial charge in [-0.2, -0.15) is 5.26 Å². The first kappa shape index (κ1) is 12.9. The quantitative estimate of drug-likeness (QED) is 0.554. The molecule has 0 spiro atoms. The third kappa shape index (κ3) is 6.40. The minimum absolute atomic E-state index is 0.181. The van der Waals surface area contributed by atoms with Gasteiger partial charge in [-0.3, -0.25) is 4.79 Å². The Bertz CT molecular complexity index is 201. The van der Waals surface area contributed by atoms with E-state index in [-0.39, 0.29) is 5.91 Å². The highest BCUT2D eigenvalue weighted by atomic mass is 16.5. The molecule has 1 unspecified atom stereocenters. The summed E-state index contributed by atoms with van der Waals surface area (Å²) >= 11 is 0. The maximum Gasteiger partial charge on any atom is 0.237 e. The molecular weight excluding hydrogens is 182 g/mol. The number of unbranched alkanes of at least 4 members (excludes halogenated alkanes) is 1. The van der Waals surface area contributed by atoms with Crippen molar-refractivity contribution in [3.63, 3.8) is 0 Å². The Balaban J connectivity index is 3.47. The van der Waals surface area contributed by atoms with Crippen molar-refractivity contribution in [1.29, 1.82) is 5.26 Å². The van der Waals surface area contributed by atoms with Crippen molar-refractivity contribution < 1.29 is 9.53 Å². The molecule has 0 aromatic rings. The molecule has 3 N–H and O–H groups in total. The lowest BCUT2D eigenvalue weighted by Gasteiger charge is -2.10. The van der Waals surface area contributed by atoms with Crippen LogP contribution in [0.5, 0.6) is 0 Å². The van der Waals surface area contributed by atoms with Gasteiger partial charge < -0.3 is 15.8 Å². The minimum atomic E-state index is -0.517. The zero-order chi connectivity index (χ0) is 10.8. The van der Waals surface area contributed by atoms with Gasteiger partial charge in [-0.1, -0.05) is 0 Å². The van der Waals surface area contributed by atoms with Gasteiger partial charge in [-0.05, 0) is 12.8 Å². The highest BCUT2D eigenvalue weighted by Gasteiger charge is 2.11. The van der Waals surface area contributed by atoms with Gasteiger partial charge in [-0.25, -0.2) is 0 Å². The molecule has 0 saturated carbocycles. The summed E-state index contributed by atoms with van der Waals surface area (Å²) < 4.78 is 4.80. The van der Waals surface area contributed by atoms with E-state index in [2.05, 4.69) is 5.32 Å². The molecule has 0 aromatic heterocycles. The minimum Gasteiger partial charge on any atom is -0.385 e. The van der Waals surface area contributed by atoms with Gasteiger partial charge in [-0.15, -0.1) is 0 Å². The number of carbonyl (C=O) groups is 1. The van der Waals surface area contributed by atoms with Crippen LogP contribution in [0.25, 0.3) is 0 Å². The van der Waals surface area contributed by atoms with Crippen LogP contribution in [0.4, 0.5) is 0 Å². The Morgan fingerprint density at radius 2 is 2.43 bits per heavy atom. The van der Waals surface area contributed by atoms with Crippen molar-refractivity contribution in [1.82, 2.24) is 5.32 Å². The summed E-state index contributed by atoms with van der Waals surface area (Å²) in [6, 6.07) is 1.49. The highest BCUT2D eigenvalue weighted by Crippen LogP contribution is 1.90. The van der Waals surface area contributed by atoms with Crippen molar-refractivity contribution in [3.05, 3.63) is 0 Å². The topological polar surface area (TPSA) is 88.1 Å². The summed E-state index contributed by atoms with van der Waals surface area (Å²) in [4.78, 5) is 11.2. The molecule has 0 aliphatic heterocycles. The van der Waals surface area contributed by atoms with E-state index >= 15 is 0 Å². The van der Waals surface area contributed by atoms with E-state index in [1.54, 1.807) is 7.11 Å². The largest absolute Gasteiger partial charge is 0.385 e. The van der Waals surface area contributed by atoms with Crippen molar-refractivity contribution in [2.24, 2.45) is 5.73 Å². The summed E-state index contributed by atoms with van der Waals surface area (Å²) in [6.07, 6.45) is 1.63. The first-order valence-electron chi connectivity index (χ1n) is 4.61. The molecule has 0 radical (unpaired) electrons. The molecule has 80 valence electrons. The molecule has 0 aliphatic carbocycles. The average Bonchev–Trinajstić information content (AvgIpc) is 2.20.